The fourth-order valence-corrected chi connectivity index (χ4v) is 4.93. The largest absolute Gasteiger partial charge is 0.309 e. The first-order valence-electron chi connectivity index (χ1n) is 9.04. The van der Waals surface area contributed by atoms with Gasteiger partial charge in [-0.25, -0.2) is 0 Å². The molecule has 2 heteroatoms. The Morgan fingerprint density at radius 1 is 1.10 bits per heavy atom. The Labute approximate surface area is 125 Å². The van der Waals surface area contributed by atoms with Gasteiger partial charge in [0.2, 0.25) is 0 Å². The summed E-state index contributed by atoms with van der Waals surface area (Å²) >= 11 is 0. The van der Waals surface area contributed by atoms with Crippen molar-refractivity contribution in [3.05, 3.63) is 11.6 Å². The van der Waals surface area contributed by atoms with Gasteiger partial charge in [-0.3, -0.25) is 4.90 Å². The molecule has 3 rings (SSSR count). The highest BCUT2D eigenvalue weighted by atomic mass is 15.2. The van der Waals surface area contributed by atoms with Crippen LogP contribution >= 0.6 is 0 Å². The van der Waals surface area contributed by atoms with E-state index in [2.05, 4.69) is 23.2 Å². The SMILES string of the molecule is CCNC(C1=CCCCC1)C1(N2CCCC2)CCCC1. The Balaban J connectivity index is 1.87. The molecule has 2 fully saturated rings. The van der Waals surface area contributed by atoms with Gasteiger partial charge in [-0.05, 0) is 71.0 Å². The molecule has 0 spiro atoms. The van der Waals surface area contributed by atoms with E-state index < -0.39 is 0 Å². The highest BCUT2D eigenvalue weighted by molar-refractivity contribution is 5.23. The summed E-state index contributed by atoms with van der Waals surface area (Å²) in [6.07, 6.45) is 16.6. The van der Waals surface area contributed by atoms with Crippen LogP contribution in [-0.2, 0) is 0 Å². The number of likely N-dealkylation sites (tertiary alicyclic amines) is 1. The van der Waals surface area contributed by atoms with E-state index in [1.807, 2.05) is 0 Å². The molecule has 1 heterocycles. The molecule has 2 aliphatic carbocycles. The maximum atomic E-state index is 3.90. The van der Waals surface area contributed by atoms with Crippen molar-refractivity contribution in [3.8, 4) is 0 Å². The monoisotopic (exact) mass is 276 g/mol. The number of nitrogens with one attached hydrogen (secondary N) is 1. The van der Waals surface area contributed by atoms with Crippen molar-refractivity contribution in [2.24, 2.45) is 0 Å². The summed E-state index contributed by atoms with van der Waals surface area (Å²) in [5.74, 6) is 0. The van der Waals surface area contributed by atoms with Gasteiger partial charge in [0.1, 0.15) is 0 Å². The van der Waals surface area contributed by atoms with Crippen molar-refractivity contribution < 1.29 is 0 Å². The molecule has 1 saturated carbocycles. The molecule has 0 aromatic heterocycles. The summed E-state index contributed by atoms with van der Waals surface area (Å²) in [6, 6.07) is 0.633. The second-order valence-corrected chi connectivity index (χ2v) is 7.02. The molecule has 1 unspecified atom stereocenters. The zero-order chi connectivity index (χ0) is 13.8. The highest BCUT2D eigenvalue weighted by Gasteiger charge is 2.47. The Bertz CT molecular complexity index is 335. The van der Waals surface area contributed by atoms with Gasteiger partial charge in [0.15, 0.2) is 0 Å². The van der Waals surface area contributed by atoms with Gasteiger partial charge in [-0.15, -0.1) is 0 Å². The van der Waals surface area contributed by atoms with Crippen LogP contribution in [0.2, 0.25) is 0 Å². The third-order valence-corrected chi connectivity index (χ3v) is 5.85. The maximum absolute atomic E-state index is 3.90. The van der Waals surface area contributed by atoms with Crippen LogP contribution in [0.4, 0.5) is 0 Å². The maximum Gasteiger partial charge on any atom is 0.0466 e. The molecule has 20 heavy (non-hydrogen) atoms. The van der Waals surface area contributed by atoms with E-state index in [0.717, 1.165) is 6.54 Å². The molecule has 0 aromatic carbocycles. The summed E-state index contributed by atoms with van der Waals surface area (Å²) in [5, 5.41) is 3.90. The molecule has 114 valence electrons. The molecular formula is C18H32N2. The van der Waals surface area contributed by atoms with Gasteiger partial charge < -0.3 is 5.32 Å². The van der Waals surface area contributed by atoms with Gasteiger partial charge in [0, 0.05) is 11.6 Å². The van der Waals surface area contributed by atoms with E-state index in [1.54, 1.807) is 5.57 Å². The normalized spacial score (nSPS) is 28.6. The lowest BCUT2D eigenvalue weighted by Gasteiger charge is -2.47. The standard InChI is InChI=1S/C18H32N2/c1-2-19-17(16-10-4-3-5-11-16)18(12-6-7-13-18)20-14-8-9-15-20/h10,17,19H,2-9,11-15H2,1H3. The van der Waals surface area contributed by atoms with Crippen molar-refractivity contribution in [2.75, 3.05) is 19.6 Å². The van der Waals surface area contributed by atoms with Crippen LogP contribution in [0, 0.1) is 0 Å². The van der Waals surface area contributed by atoms with Gasteiger partial charge in [-0.1, -0.05) is 31.4 Å². The summed E-state index contributed by atoms with van der Waals surface area (Å²) in [4.78, 5) is 2.86. The summed E-state index contributed by atoms with van der Waals surface area (Å²) in [6.45, 7) is 6.07. The first-order valence-corrected chi connectivity index (χ1v) is 9.04. The van der Waals surface area contributed by atoms with Crippen LogP contribution in [0.1, 0.15) is 71.1 Å². The van der Waals surface area contributed by atoms with Gasteiger partial charge in [0.05, 0.1) is 0 Å². The van der Waals surface area contributed by atoms with Crippen molar-refractivity contribution in [1.82, 2.24) is 10.2 Å². The Hall–Kier alpha value is -0.340. The lowest BCUT2D eigenvalue weighted by atomic mass is 9.78. The molecule has 1 atom stereocenters. The summed E-state index contributed by atoms with van der Waals surface area (Å²) in [7, 11) is 0. The minimum atomic E-state index is 0.454. The topological polar surface area (TPSA) is 15.3 Å². The van der Waals surface area contributed by atoms with Gasteiger partial charge in [-0.2, -0.15) is 0 Å². The second-order valence-electron chi connectivity index (χ2n) is 7.02. The first-order chi connectivity index (χ1) is 9.87. The fourth-order valence-electron chi connectivity index (χ4n) is 4.93. The highest BCUT2D eigenvalue weighted by Crippen LogP contribution is 2.43. The molecule has 1 N–H and O–H groups in total. The third-order valence-electron chi connectivity index (χ3n) is 5.85. The first kappa shape index (κ1) is 14.6. The minimum Gasteiger partial charge on any atom is -0.309 e. The van der Waals surface area contributed by atoms with Gasteiger partial charge >= 0.3 is 0 Å². The lowest BCUT2D eigenvalue weighted by Crippen LogP contribution is -2.60. The van der Waals surface area contributed by atoms with Crippen LogP contribution in [-0.4, -0.2) is 36.1 Å². The van der Waals surface area contributed by atoms with E-state index in [-0.39, 0.29) is 0 Å². The molecule has 0 radical (unpaired) electrons. The molecule has 0 amide bonds. The molecule has 0 aromatic rings. The van der Waals surface area contributed by atoms with E-state index in [0.29, 0.717) is 11.6 Å². The average molecular weight is 276 g/mol. The van der Waals surface area contributed by atoms with E-state index in [1.165, 1.54) is 77.3 Å². The lowest BCUT2D eigenvalue weighted by molar-refractivity contribution is 0.0887. The Morgan fingerprint density at radius 2 is 1.85 bits per heavy atom. The number of hydrogen-bond donors (Lipinski definition) is 1. The third kappa shape index (κ3) is 2.69. The molecular weight excluding hydrogens is 244 g/mol. The van der Waals surface area contributed by atoms with Crippen LogP contribution in [0.15, 0.2) is 11.6 Å². The van der Waals surface area contributed by atoms with Crippen molar-refractivity contribution in [1.29, 1.82) is 0 Å². The zero-order valence-corrected chi connectivity index (χ0v) is 13.3. The van der Waals surface area contributed by atoms with Crippen LogP contribution in [0.5, 0.6) is 0 Å². The number of rotatable bonds is 5. The van der Waals surface area contributed by atoms with Crippen molar-refractivity contribution in [3.63, 3.8) is 0 Å². The summed E-state index contributed by atoms with van der Waals surface area (Å²) in [5.41, 5.74) is 2.20. The predicted molar refractivity (Wildman–Crippen MR) is 86.0 cm³/mol. The number of hydrogen-bond acceptors (Lipinski definition) is 2. The fraction of sp³-hybridized carbons (Fsp3) is 0.889. The second kappa shape index (κ2) is 6.62. The Morgan fingerprint density at radius 3 is 2.45 bits per heavy atom. The average Bonchev–Trinajstić information content (AvgIpc) is 3.17. The van der Waals surface area contributed by atoms with Crippen molar-refractivity contribution in [2.45, 2.75) is 82.7 Å². The Kier molecular flexibility index (Phi) is 4.83. The van der Waals surface area contributed by atoms with Crippen molar-refractivity contribution >= 4 is 0 Å². The number of allylic oxidation sites excluding steroid dienone is 1. The van der Waals surface area contributed by atoms with E-state index >= 15 is 0 Å². The van der Waals surface area contributed by atoms with Crippen LogP contribution in [0.3, 0.4) is 0 Å². The molecule has 0 bridgehead atoms. The van der Waals surface area contributed by atoms with Gasteiger partial charge in [0.25, 0.3) is 0 Å². The number of likely N-dealkylation sites (N-methyl/N-ethyl adjacent to an activating group) is 1. The summed E-state index contributed by atoms with van der Waals surface area (Å²) < 4.78 is 0. The predicted octanol–water partition coefficient (Wildman–Crippen LogP) is 3.87. The molecule has 1 aliphatic heterocycles. The smallest absolute Gasteiger partial charge is 0.0466 e. The number of nitrogens with zero attached hydrogens (tertiary/aromatic N) is 1. The van der Waals surface area contributed by atoms with E-state index in [4.69, 9.17) is 0 Å². The zero-order valence-electron chi connectivity index (χ0n) is 13.3. The molecule has 2 nitrogen and oxygen atoms in total. The van der Waals surface area contributed by atoms with E-state index in [9.17, 15) is 0 Å². The molecule has 1 saturated heterocycles. The van der Waals surface area contributed by atoms with Crippen LogP contribution in [0.25, 0.3) is 0 Å². The molecule has 3 aliphatic rings. The van der Waals surface area contributed by atoms with Crippen LogP contribution < -0.4 is 5.32 Å². The quantitative estimate of drug-likeness (QED) is 0.767. The minimum absolute atomic E-state index is 0.454.